The number of nitrogens with one attached hydrogen (secondary N) is 4. The molecule has 4 unspecified atom stereocenters. The number of phenolic OH excluding ortho intramolecular Hbond substituents is 1. The van der Waals surface area contributed by atoms with Gasteiger partial charge in [-0.1, -0.05) is 24.3 Å². The van der Waals surface area contributed by atoms with Gasteiger partial charge in [0.2, 0.25) is 11.8 Å². The fraction of sp³-hybridized carbons (Fsp3) is 0.312. The second-order valence-corrected chi connectivity index (χ2v) is 13.8. The maximum absolute atomic E-state index is 13.2. The van der Waals surface area contributed by atoms with E-state index in [1.165, 1.54) is 48.5 Å². The van der Waals surface area contributed by atoms with Crippen molar-refractivity contribution in [3.8, 4) is 11.5 Å². The summed E-state index contributed by atoms with van der Waals surface area (Å²) in [7, 11) is 0. The van der Waals surface area contributed by atoms with Crippen LogP contribution in [0.5, 0.6) is 11.5 Å². The first-order chi connectivity index (χ1) is 24.1. The van der Waals surface area contributed by atoms with Crippen LogP contribution in [0.15, 0.2) is 71.1 Å². The Balaban J connectivity index is 1.38. The molecule has 0 fully saturated rings. The molecule has 0 spiro atoms. The van der Waals surface area contributed by atoms with Gasteiger partial charge in [0.1, 0.15) is 45.7 Å². The molecule has 17 nitrogen and oxygen atoms in total. The van der Waals surface area contributed by atoms with Crippen LogP contribution in [0.1, 0.15) is 37.1 Å². The lowest BCUT2D eigenvalue weighted by Gasteiger charge is -2.31. The van der Waals surface area contributed by atoms with Gasteiger partial charge in [-0.05, 0) is 60.4 Å². The number of aliphatic carboxylic acids is 3. The summed E-state index contributed by atoms with van der Waals surface area (Å²) in [5, 5.41) is 46.8. The minimum absolute atomic E-state index is 0.0211. The molecular formula is C32H36N6O11S2. The number of rotatable bonds is 13. The molecule has 6 atom stereocenters. The van der Waals surface area contributed by atoms with E-state index in [1.807, 2.05) is 0 Å². The molecule has 4 rings (SSSR count). The SMILES string of the molecule is CC1=C(C(=O)O)NC(C(NC(=O)[C@H](N)c2ccc(OC(=O)C3=C(C)CSC(C(NC(=O)[C@H](N)c4ccc(O)cc4)C(=O)O)N3)cc2)C(=O)O)SC1. The molecule has 2 aliphatic heterocycles. The van der Waals surface area contributed by atoms with Gasteiger partial charge in [-0.2, -0.15) is 0 Å². The monoisotopic (exact) mass is 744 g/mol. The molecule has 0 radical (unpaired) electrons. The summed E-state index contributed by atoms with van der Waals surface area (Å²) >= 11 is 2.26. The smallest absolute Gasteiger partial charge is 0.359 e. The van der Waals surface area contributed by atoms with E-state index in [-0.39, 0.29) is 40.0 Å². The molecule has 2 amide bonds. The van der Waals surface area contributed by atoms with Crippen LogP contribution >= 0.6 is 23.5 Å². The zero-order chi connectivity index (χ0) is 37.6. The van der Waals surface area contributed by atoms with Crippen LogP contribution < -0.4 is 37.5 Å². The number of aromatic hydroxyl groups is 1. The molecule has 0 saturated heterocycles. The number of benzene rings is 2. The first-order valence-corrected chi connectivity index (χ1v) is 17.2. The first-order valence-electron chi connectivity index (χ1n) is 15.1. The third-order valence-electron chi connectivity index (χ3n) is 7.80. The number of hydrogen-bond donors (Lipinski definition) is 10. The lowest BCUT2D eigenvalue weighted by Crippen LogP contribution is -2.56. The average Bonchev–Trinajstić information content (AvgIpc) is 3.09. The van der Waals surface area contributed by atoms with Gasteiger partial charge in [0.25, 0.3) is 0 Å². The molecule has 272 valence electrons. The van der Waals surface area contributed by atoms with E-state index in [1.54, 1.807) is 13.8 Å². The highest BCUT2D eigenvalue weighted by molar-refractivity contribution is 8.00. The Morgan fingerprint density at radius 2 is 1.14 bits per heavy atom. The molecule has 0 saturated carbocycles. The molecule has 12 N–H and O–H groups in total. The normalized spacial score (nSPS) is 19.7. The Labute approximate surface area is 299 Å². The number of hydrogen-bond acceptors (Lipinski definition) is 14. The minimum atomic E-state index is -1.51. The fourth-order valence-electron chi connectivity index (χ4n) is 4.93. The van der Waals surface area contributed by atoms with Crippen LogP contribution in [0.3, 0.4) is 0 Å². The van der Waals surface area contributed by atoms with Gasteiger partial charge in [0.15, 0.2) is 12.1 Å². The number of carboxylic acid groups (broad SMARTS) is 3. The number of esters is 1. The van der Waals surface area contributed by atoms with E-state index < -0.39 is 70.6 Å². The van der Waals surface area contributed by atoms with Crippen molar-refractivity contribution in [2.75, 3.05) is 11.5 Å². The van der Waals surface area contributed by atoms with Crippen LogP contribution in [-0.4, -0.2) is 90.5 Å². The van der Waals surface area contributed by atoms with Crippen LogP contribution in [0.25, 0.3) is 0 Å². The number of carbonyl (C=O) groups excluding carboxylic acids is 3. The second kappa shape index (κ2) is 16.6. The number of thioether (sulfide) groups is 2. The Hall–Kier alpha value is -5.24. The number of phenols is 1. The van der Waals surface area contributed by atoms with Crippen molar-refractivity contribution >= 4 is 59.2 Å². The maximum Gasteiger partial charge on any atom is 0.359 e. The summed E-state index contributed by atoms with van der Waals surface area (Å²) in [5.74, 6) is -6.04. The van der Waals surface area contributed by atoms with E-state index in [0.29, 0.717) is 16.7 Å². The zero-order valence-corrected chi connectivity index (χ0v) is 28.7. The third kappa shape index (κ3) is 9.51. The highest BCUT2D eigenvalue weighted by Crippen LogP contribution is 2.28. The predicted molar refractivity (Wildman–Crippen MR) is 185 cm³/mol. The molecule has 2 aromatic carbocycles. The van der Waals surface area contributed by atoms with Gasteiger partial charge in [-0.3, -0.25) is 9.59 Å². The first kappa shape index (κ1) is 38.6. The molecular weight excluding hydrogens is 709 g/mol. The molecule has 0 aliphatic carbocycles. The molecule has 51 heavy (non-hydrogen) atoms. The van der Waals surface area contributed by atoms with Gasteiger partial charge < -0.3 is 57.9 Å². The molecule has 0 bridgehead atoms. The van der Waals surface area contributed by atoms with Crippen molar-refractivity contribution in [1.29, 1.82) is 0 Å². The summed E-state index contributed by atoms with van der Waals surface area (Å²) in [5.41, 5.74) is 13.6. The Morgan fingerprint density at radius 3 is 1.57 bits per heavy atom. The summed E-state index contributed by atoms with van der Waals surface area (Å²) in [6.45, 7) is 3.24. The van der Waals surface area contributed by atoms with E-state index >= 15 is 0 Å². The second-order valence-electron chi connectivity index (χ2n) is 11.5. The Morgan fingerprint density at radius 1 is 0.725 bits per heavy atom. The lowest BCUT2D eigenvalue weighted by molar-refractivity contribution is -0.142. The predicted octanol–water partition coefficient (Wildman–Crippen LogP) is 0.0938. The van der Waals surface area contributed by atoms with E-state index in [0.717, 1.165) is 23.5 Å². The lowest BCUT2D eigenvalue weighted by atomic mass is 10.1. The van der Waals surface area contributed by atoms with Gasteiger partial charge in [0, 0.05) is 11.5 Å². The van der Waals surface area contributed by atoms with Gasteiger partial charge in [-0.15, -0.1) is 23.5 Å². The van der Waals surface area contributed by atoms with Crippen LogP contribution in [0.4, 0.5) is 0 Å². The molecule has 2 heterocycles. The van der Waals surface area contributed by atoms with E-state index in [2.05, 4.69) is 21.3 Å². The van der Waals surface area contributed by atoms with Crippen LogP contribution in [0.2, 0.25) is 0 Å². The standard InChI is InChI=1S/C32H36N6O11S2/c1-13-11-50-27(37-21(13)29(42)43)23(30(44)45)35-26(41)20(34)16-5-9-18(10-6-16)49-32(48)22-14(2)12-51-28(38-22)24(31(46)47)36-25(40)19(33)15-3-7-17(39)8-4-15/h3-10,19-20,23-24,27-28,37-39H,11-12,33-34H2,1-2H3,(H,35,41)(H,36,40)(H,42,43)(H,44,45)(H,46,47)/t19-,20-,23?,24?,27?,28?/m1/s1. The number of nitrogens with two attached hydrogens (primary N) is 2. The zero-order valence-electron chi connectivity index (χ0n) is 27.1. The summed E-state index contributed by atoms with van der Waals surface area (Å²) in [6, 6.07) is 5.47. The average molecular weight is 745 g/mol. The van der Waals surface area contributed by atoms with E-state index in [4.69, 9.17) is 16.2 Å². The largest absolute Gasteiger partial charge is 0.508 e. The van der Waals surface area contributed by atoms with Crippen molar-refractivity contribution in [3.05, 3.63) is 82.2 Å². The number of carboxylic acids is 3. The molecule has 2 aromatic rings. The van der Waals surface area contributed by atoms with Crippen LogP contribution in [-0.2, 0) is 28.8 Å². The number of ether oxygens (including phenoxy) is 1. The van der Waals surface area contributed by atoms with Gasteiger partial charge in [-0.25, -0.2) is 19.2 Å². The summed E-state index contributed by atoms with van der Waals surface area (Å²) < 4.78 is 5.48. The van der Waals surface area contributed by atoms with Crippen molar-refractivity contribution in [2.45, 2.75) is 48.8 Å². The van der Waals surface area contributed by atoms with Gasteiger partial charge >= 0.3 is 23.9 Å². The van der Waals surface area contributed by atoms with E-state index in [9.17, 15) is 49.2 Å². The quantitative estimate of drug-likeness (QED) is 0.0960. The molecule has 2 aliphatic rings. The van der Waals surface area contributed by atoms with Gasteiger partial charge in [0.05, 0.1) is 0 Å². The number of carbonyl (C=O) groups is 6. The topological polar surface area (TPSA) is 293 Å². The molecule has 19 heteroatoms. The Bertz CT molecular complexity index is 1770. The number of amides is 2. The Kier molecular flexibility index (Phi) is 12.6. The highest BCUT2D eigenvalue weighted by atomic mass is 32.2. The minimum Gasteiger partial charge on any atom is -0.508 e. The van der Waals surface area contributed by atoms with Crippen molar-refractivity contribution in [1.82, 2.24) is 21.3 Å². The van der Waals surface area contributed by atoms with Crippen molar-refractivity contribution < 1.29 is 53.9 Å². The summed E-state index contributed by atoms with van der Waals surface area (Å²) in [4.78, 5) is 74.7. The van der Waals surface area contributed by atoms with Crippen molar-refractivity contribution in [2.24, 2.45) is 11.5 Å². The fourth-order valence-corrected chi connectivity index (χ4v) is 7.23. The third-order valence-corrected chi connectivity index (χ3v) is 10.5. The molecule has 0 aromatic heterocycles. The van der Waals surface area contributed by atoms with Crippen LogP contribution in [0, 0.1) is 0 Å². The highest BCUT2D eigenvalue weighted by Gasteiger charge is 2.37. The summed E-state index contributed by atoms with van der Waals surface area (Å²) in [6.07, 6.45) is 0. The maximum atomic E-state index is 13.2. The van der Waals surface area contributed by atoms with Crippen molar-refractivity contribution in [3.63, 3.8) is 0 Å².